The van der Waals surface area contributed by atoms with Crippen molar-refractivity contribution in [1.82, 2.24) is 5.32 Å². The van der Waals surface area contributed by atoms with Gasteiger partial charge in [-0.2, -0.15) is 0 Å². The summed E-state index contributed by atoms with van der Waals surface area (Å²) in [5, 5.41) is 3.84. The third-order valence-electron chi connectivity index (χ3n) is 3.91. The second kappa shape index (κ2) is 8.21. The van der Waals surface area contributed by atoms with Gasteiger partial charge in [-0.15, -0.1) is 11.3 Å². The molecule has 0 unspecified atom stereocenters. The zero-order valence-electron chi connectivity index (χ0n) is 13.9. The highest BCUT2D eigenvalue weighted by Crippen LogP contribution is 2.32. The third-order valence-corrected chi connectivity index (χ3v) is 7.40. The summed E-state index contributed by atoms with van der Waals surface area (Å²) in [6.07, 6.45) is 0. The molecule has 0 saturated carbocycles. The SMILES string of the molecule is O=C(NC[C@H](c1cccs1)S(=O)(=O)c1ccc(Cl)cc1)c1cccc(F)c1. The molecule has 4 nitrogen and oxygen atoms in total. The van der Waals surface area contributed by atoms with Gasteiger partial charge in [0.25, 0.3) is 5.91 Å². The van der Waals surface area contributed by atoms with Crippen molar-refractivity contribution in [3.8, 4) is 0 Å². The Kier molecular flexibility index (Phi) is 5.94. The minimum absolute atomic E-state index is 0.116. The summed E-state index contributed by atoms with van der Waals surface area (Å²) in [6.45, 7) is -0.138. The number of benzene rings is 2. The van der Waals surface area contributed by atoms with Crippen LogP contribution < -0.4 is 5.32 Å². The molecule has 140 valence electrons. The number of nitrogens with one attached hydrogen (secondary N) is 1. The average Bonchev–Trinajstić information content (AvgIpc) is 3.16. The van der Waals surface area contributed by atoms with Gasteiger partial charge >= 0.3 is 0 Å². The van der Waals surface area contributed by atoms with Gasteiger partial charge in [0, 0.05) is 22.0 Å². The zero-order chi connectivity index (χ0) is 19.4. The molecule has 2 aromatic carbocycles. The smallest absolute Gasteiger partial charge is 0.251 e. The number of thiophene rings is 1. The summed E-state index contributed by atoms with van der Waals surface area (Å²) in [6, 6.07) is 14.6. The van der Waals surface area contributed by atoms with E-state index in [9.17, 15) is 17.6 Å². The highest BCUT2D eigenvalue weighted by atomic mass is 35.5. The Morgan fingerprint density at radius 2 is 1.85 bits per heavy atom. The van der Waals surface area contributed by atoms with E-state index in [1.807, 2.05) is 0 Å². The first-order valence-corrected chi connectivity index (χ1v) is 10.7. The van der Waals surface area contributed by atoms with Crippen molar-refractivity contribution in [2.75, 3.05) is 6.54 Å². The van der Waals surface area contributed by atoms with Crippen molar-refractivity contribution in [2.24, 2.45) is 0 Å². The molecule has 1 atom stereocenters. The Morgan fingerprint density at radius 1 is 1.11 bits per heavy atom. The minimum Gasteiger partial charge on any atom is -0.350 e. The first kappa shape index (κ1) is 19.5. The highest BCUT2D eigenvalue weighted by molar-refractivity contribution is 7.91. The maximum atomic E-state index is 13.3. The molecular formula is C19H15ClFNO3S2. The fraction of sp³-hybridized carbons (Fsp3) is 0.105. The molecule has 0 fully saturated rings. The number of sulfone groups is 1. The first-order valence-electron chi connectivity index (χ1n) is 7.94. The summed E-state index contributed by atoms with van der Waals surface area (Å²) in [5.74, 6) is -1.08. The van der Waals surface area contributed by atoms with Gasteiger partial charge < -0.3 is 5.32 Å². The molecule has 0 bridgehead atoms. The van der Waals surface area contributed by atoms with Gasteiger partial charge in [0.1, 0.15) is 11.1 Å². The maximum absolute atomic E-state index is 13.3. The van der Waals surface area contributed by atoms with Crippen LogP contribution in [0.2, 0.25) is 5.02 Å². The molecule has 3 rings (SSSR count). The van der Waals surface area contributed by atoms with Gasteiger partial charge in [-0.25, -0.2) is 12.8 Å². The van der Waals surface area contributed by atoms with Crippen LogP contribution >= 0.6 is 22.9 Å². The summed E-state index contributed by atoms with van der Waals surface area (Å²) in [7, 11) is -3.76. The highest BCUT2D eigenvalue weighted by Gasteiger charge is 2.30. The lowest BCUT2D eigenvalue weighted by molar-refractivity contribution is 0.0953. The van der Waals surface area contributed by atoms with Crippen LogP contribution in [0, 0.1) is 5.82 Å². The Labute approximate surface area is 165 Å². The van der Waals surface area contributed by atoms with Crippen molar-refractivity contribution in [1.29, 1.82) is 0 Å². The Hall–Kier alpha value is -2.22. The largest absolute Gasteiger partial charge is 0.350 e. The molecule has 1 amide bonds. The fourth-order valence-corrected chi connectivity index (χ4v) is 5.45. The van der Waals surface area contributed by atoms with Gasteiger partial charge in [-0.1, -0.05) is 23.7 Å². The van der Waals surface area contributed by atoms with Crippen molar-refractivity contribution in [3.63, 3.8) is 0 Å². The van der Waals surface area contributed by atoms with Crippen molar-refractivity contribution >= 4 is 38.7 Å². The summed E-state index contributed by atoms with van der Waals surface area (Å²) < 4.78 is 39.5. The minimum atomic E-state index is -3.76. The van der Waals surface area contributed by atoms with Crippen LogP contribution in [0.4, 0.5) is 4.39 Å². The van der Waals surface area contributed by atoms with E-state index >= 15 is 0 Å². The van der Waals surface area contributed by atoms with E-state index in [-0.39, 0.29) is 17.0 Å². The van der Waals surface area contributed by atoms with Gasteiger partial charge in [0.2, 0.25) is 0 Å². The molecule has 0 spiro atoms. The Bertz CT molecular complexity index is 1040. The number of carbonyl (C=O) groups is 1. The Morgan fingerprint density at radius 3 is 2.48 bits per heavy atom. The van der Waals surface area contributed by atoms with Crippen LogP contribution in [0.1, 0.15) is 20.5 Å². The molecule has 0 saturated heterocycles. The lowest BCUT2D eigenvalue weighted by Crippen LogP contribution is -2.31. The van der Waals surface area contributed by atoms with Crippen LogP contribution in [-0.4, -0.2) is 20.9 Å². The van der Waals surface area contributed by atoms with Crippen LogP contribution in [0.25, 0.3) is 0 Å². The zero-order valence-corrected chi connectivity index (χ0v) is 16.3. The summed E-state index contributed by atoms with van der Waals surface area (Å²) >= 11 is 7.13. The molecule has 1 heterocycles. The van der Waals surface area contributed by atoms with E-state index in [1.165, 1.54) is 53.8 Å². The molecule has 3 aromatic rings. The number of rotatable bonds is 6. The number of hydrogen-bond donors (Lipinski definition) is 1. The topological polar surface area (TPSA) is 63.2 Å². The normalized spacial score (nSPS) is 12.5. The second-order valence-corrected chi connectivity index (χ2v) is 9.27. The van der Waals surface area contributed by atoms with Crippen molar-refractivity contribution in [3.05, 3.63) is 87.3 Å². The van der Waals surface area contributed by atoms with Crippen LogP contribution in [0.3, 0.4) is 0 Å². The lowest BCUT2D eigenvalue weighted by Gasteiger charge is -2.17. The van der Waals surface area contributed by atoms with Crippen molar-refractivity contribution in [2.45, 2.75) is 10.1 Å². The number of hydrogen-bond acceptors (Lipinski definition) is 4. The van der Waals surface area contributed by atoms with E-state index in [2.05, 4.69) is 5.32 Å². The molecule has 1 aromatic heterocycles. The van der Waals surface area contributed by atoms with Crippen molar-refractivity contribution < 1.29 is 17.6 Å². The molecule has 0 aliphatic rings. The predicted molar refractivity (Wildman–Crippen MR) is 104 cm³/mol. The molecule has 0 aliphatic heterocycles. The number of amides is 1. The van der Waals surface area contributed by atoms with Gasteiger partial charge in [-0.3, -0.25) is 4.79 Å². The van der Waals surface area contributed by atoms with E-state index < -0.39 is 26.8 Å². The monoisotopic (exact) mass is 423 g/mol. The molecule has 27 heavy (non-hydrogen) atoms. The lowest BCUT2D eigenvalue weighted by atomic mass is 10.2. The quantitative estimate of drug-likeness (QED) is 0.635. The molecule has 0 aliphatic carbocycles. The van der Waals surface area contributed by atoms with Crippen LogP contribution in [-0.2, 0) is 9.84 Å². The standard InChI is InChI=1S/C19H15ClFNO3S2/c20-14-6-8-16(9-7-14)27(24,25)18(17-5-2-10-26-17)12-22-19(23)13-3-1-4-15(21)11-13/h1-11,18H,12H2,(H,22,23)/t18-/m1/s1. The molecule has 8 heteroatoms. The maximum Gasteiger partial charge on any atom is 0.251 e. The average molecular weight is 424 g/mol. The number of halogens is 2. The predicted octanol–water partition coefficient (Wildman–Crippen LogP) is 4.49. The molecule has 1 N–H and O–H groups in total. The van der Waals surface area contributed by atoms with E-state index in [0.717, 1.165) is 6.07 Å². The van der Waals surface area contributed by atoms with Gasteiger partial charge in [-0.05, 0) is 53.9 Å². The van der Waals surface area contributed by atoms with E-state index in [1.54, 1.807) is 17.5 Å². The van der Waals surface area contributed by atoms with Crippen LogP contribution in [0.15, 0.2) is 70.9 Å². The second-order valence-electron chi connectivity index (χ2n) is 5.72. The number of carbonyl (C=O) groups excluding carboxylic acids is 1. The van der Waals surface area contributed by atoms with Crippen LogP contribution in [0.5, 0.6) is 0 Å². The fourth-order valence-electron chi connectivity index (χ4n) is 2.54. The third kappa shape index (κ3) is 4.55. The molecule has 0 radical (unpaired) electrons. The first-order chi connectivity index (χ1) is 12.9. The summed E-state index contributed by atoms with van der Waals surface area (Å²) in [5.41, 5.74) is 0.129. The van der Waals surface area contributed by atoms with E-state index in [4.69, 9.17) is 11.6 Å². The van der Waals surface area contributed by atoms with Gasteiger partial charge in [0.15, 0.2) is 9.84 Å². The van der Waals surface area contributed by atoms with Gasteiger partial charge in [0.05, 0.1) is 4.90 Å². The molecular weight excluding hydrogens is 409 g/mol. The van der Waals surface area contributed by atoms with E-state index in [0.29, 0.717) is 9.90 Å². The summed E-state index contributed by atoms with van der Waals surface area (Å²) in [4.78, 5) is 13.0. The Balaban J connectivity index is 1.86.